The van der Waals surface area contributed by atoms with Crippen LogP contribution in [0.4, 0.5) is 0 Å². The Morgan fingerprint density at radius 1 is 0.974 bits per heavy atom. The minimum absolute atomic E-state index is 0.113. The minimum Gasteiger partial charge on any atom is -0.497 e. The molecule has 1 saturated heterocycles. The molecule has 1 unspecified atom stereocenters. The lowest BCUT2D eigenvalue weighted by Crippen LogP contribution is -2.49. The van der Waals surface area contributed by atoms with E-state index in [4.69, 9.17) is 14.5 Å². The Morgan fingerprint density at radius 3 is 2.47 bits per heavy atom. The van der Waals surface area contributed by atoms with Crippen LogP contribution >= 0.6 is 0 Å². The topological polar surface area (TPSA) is 51.7 Å². The molecule has 1 aliphatic rings. The number of aromatic nitrogens is 1. The maximum Gasteiger partial charge on any atom is 0.167 e. The molecule has 38 heavy (non-hydrogen) atoms. The number of likely N-dealkylation sites (tertiary alicyclic amines) is 1. The molecule has 1 atom stereocenters. The number of carbonyl (C=O) groups excluding carboxylic acids is 1. The number of methoxy groups -OCH3 is 2. The summed E-state index contributed by atoms with van der Waals surface area (Å²) < 4.78 is 11.4. The van der Waals surface area contributed by atoms with Crippen molar-refractivity contribution in [2.45, 2.75) is 33.4 Å². The van der Waals surface area contributed by atoms with Crippen molar-refractivity contribution in [3.63, 3.8) is 0 Å². The van der Waals surface area contributed by atoms with Crippen LogP contribution in [0.5, 0.6) is 11.5 Å². The molecule has 2 heterocycles. The van der Waals surface area contributed by atoms with Gasteiger partial charge in [0.05, 0.1) is 31.5 Å². The first-order valence-corrected chi connectivity index (χ1v) is 12.9. The normalized spacial score (nSPS) is 18.6. The Kier molecular flexibility index (Phi) is 7.04. The summed E-state index contributed by atoms with van der Waals surface area (Å²) >= 11 is 0. The molecule has 5 rings (SSSR count). The van der Waals surface area contributed by atoms with Gasteiger partial charge in [0.2, 0.25) is 0 Å². The van der Waals surface area contributed by atoms with Gasteiger partial charge in [-0.3, -0.25) is 9.69 Å². The number of ketones is 1. The number of benzene rings is 3. The standard InChI is InChI=1S/C33H34N2O3/c1-22-10-12-23(13-11-22)20-35-21-33(2,3)32(36)28(18-25-15-14-24-8-6-7-9-29(24)34-25)31(35)27-19-26(37-4)16-17-30(27)38-5/h6-19,31H,20-21H2,1-5H3. The summed E-state index contributed by atoms with van der Waals surface area (Å²) in [7, 11) is 3.32. The highest BCUT2D eigenvalue weighted by atomic mass is 16.5. The van der Waals surface area contributed by atoms with Crippen LogP contribution in [0.2, 0.25) is 0 Å². The van der Waals surface area contributed by atoms with Gasteiger partial charge >= 0.3 is 0 Å². The third kappa shape index (κ3) is 5.07. The Labute approximate surface area is 224 Å². The van der Waals surface area contributed by atoms with Gasteiger partial charge in [0.1, 0.15) is 11.5 Å². The van der Waals surface area contributed by atoms with E-state index in [-0.39, 0.29) is 11.8 Å². The van der Waals surface area contributed by atoms with Crippen LogP contribution in [0.1, 0.15) is 42.3 Å². The Morgan fingerprint density at radius 2 is 1.74 bits per heavy atom. The molecule has 0 aliphatic carbocycles. The number of hydrogen-bond acceptors (Lipinski definition) is 5. The number of ether oxygens (including phenoxy) is 2. The highest BCUT2D eigenvalue weighted by molar-refractivity contribution is 6.05. The van der Waals surface area contributed by atoms with Crippen LogP contribution in [-0.2, 0) is 11.3 Å². The van der Waals surface area contributed by atoms with E-state index in [2.05, 4.69) is 42.2 Å². The van der Waals surface area contributed by atoms with Crippen molar-refractivity contribution in [1.82, 2.24) is 9.88 Å². The first kappa shape index (κ1) is 25.7. The lowest BCUT2D eigenvalue weighted by molar-refractivity contribution is -0.128. The smallest absolute Gasteiger partial charge is 0.167 e. The zero-order valence-electron chi connectivity index (χ0n) is 22.7. The van der Waals surface area contributed by atoms with Crippen molar-refractivity contribution in [3.05, 3.63) is 107 Å². The summed E-state index contributed by atoms with van der Waals surface area (Å²) in [5, 5.41) is 1.07. The van der Waals surface area contributed by atoms with Crippen molar-refractivity contribution in [3.8, 4) is 11.5 Å². The average molecular weight is 507 g/mol. The van der Waals surface area contributed by atoms with E-state index in [0.717, 1.165) is 33.7 Å². The molecule has 5 nitrogen and oxygen atoms in total. The van der Waals surface area contributed by atoms with Gasteiger partial charge < -0.3 is 9.47 Å². The van der Waals surface area contributed by atoms with E-state index in [1.807, 2.05) is 68.5 Å². The third-order valence-electron chi connectivity index (χ3n) is 7.30. The fourth-order valence-electron chi connectivity index (χ4n) is 5.34. The first-order chi connectivity index (χ1) is 18.3. The molecular weight excluding hydrogens is 472 g/mol. The van der Waals surface area contributed by atoms with Gasteiger partial charge in [0.25, 0.3) is 0 Å². The molecule has 0 amide bonds. The summed E-state index contributed by atoms with van der Waals surface area (Å²) in [5.41, 5.74) is 5.09. The molecule has 0 N–H and O–H groups in total. The highest BCUT2D eigenvalue weighted by Crippen LogP contribution is 2.45. The number of fused-ring (bicyclic) bond motifs is 1. The van der Waals surface area contributed by atoms with Crippen molar-refractivity contribution in [2.75, 3.05) is 20.8 Å². The van der Waals surface area contributed by atoms with Gasteiger partial charge in [-0.2, -0.15) is 0 Å². The van der Waals surface area contributed by atoms with Gasteiger partial charge in [-0.25, -0.2) is 4.98 Å². The zero-order chi connectivity index (χ0) is 26.9. The maximum absolute atomic E-state index is 14.1. The Bertz CT molecular complexity index is 1500. The van der Waals surface area contributed by atoms with Crippen LogP contribution in [0.25, 0.3) is 17.0 Å². The van der Waals surface area contributed by atoms with Gasteiger partial charge in [-0.1, -0.05) is 67.9 Å². The number of nitrogens with zero attached hydrogens (tertiary/aromatic N) is 2. The van der Waals surface area contributed by atoms with E-state index in [0.29, 0.717) is 18.7 Å². The van der Waals surface area contributed by atoms with Crippen molar-refractivity contribution >= 4 is 22.8 Å². The van der Waals surface area contributed by atoms with Gasteiger partial charge in [-0.05, 0) is 48.9 Å². The second kappa shape index (κ2) is 10.4. The monoisotopic (exact) mass is 506 g/mol. The van der Waals surface area contributed by atoms with Gasteiger partial charge in [0, 0.05) is 35.0 Å². The van der Waals surface area contributed by atoms with Gasteiger partial charge in [-0.15, -0.1) is 0 Å². The van der Waals surface area contributed by atoms with Crippen LogP contribution < -0.4 is 9.47 Å². The average Bonchev–Trinajstić information content (AvgIpc) is 2.92. The van der Waals surface area contributed by atoms with Crippen LogP contribution in [0.3, 0.4) is 0 Å². The SMILES string of the molecule is COc1ccc(OC)c(C2C(=Cc3ccc4ccccc4n3)C(=O)C(C)(C)CN2Cc2ccc(C)cc2)c1. The second-order valence-corrected chi connectivity index (χ2v) is 10.6. The quantitative estimate of drug-likeness (QED) is 0.269. The van der Waals surface area contributed by atoms with E-state index >= 15 is 0 Å². The molecule has 0 radical (unpaired) electrons. The lowest BCUT2D eigenvalue weighted by atomic mass is 9.74. The summed E-state index contributed by atoms with van der Waals surface area (Å²) in [4.78, 5) is 21.3. The van der Waals surface area contributed by atoms with E-state index in [9.17, 15) is 4.79 Å². The molecule has 194 valence electrons. The molecule has 0 saturated carbocycles. The Balaban J connectivity index is 1.70. The fourth-order valence-corrected chi connectivity index (χ4v) is 5.34. The number of aryl methyl sites for hydroxylation is 1. The van der Waals surface area contributed by atoms with Crippen LogP contribution in [0, 0.1) is 12.3 Å². The highest BCUT2D eigenvalue weighted by Gasteiger charge is 2.45. The van der Waals surface area contributed by atoms with Crippen LogP contribution in [0.15, 0.2) is 84.4 Å². The van der Waals surface area contributed by atoms with Crippen LogP contribution in [-0.4, -0.2) is 36.4 Å². The number of hydrogen-bond donors (Lipinski definition) is 0. The van der Waals surface area contributed by atoms with E-state index < -0.39 is 5.41 Å². The molecule has 3 aromatic carbocycles. The van der Waals surface area contributed by atoms with Crippen molar-refractivity contribution < 1.29 is 14.3 Å². The summed E-state index contributed by atoms with van der Waals surface area (Å²) in [5.74, 6) is 1.55. The number of pyridine rings is 1. The molecule has 0 spiro atoms. The number of carbonyl (C=O) groups is 1. The molecule has 0 bridgehead atoms. The number of Topliss-reactive ketones (excluding diaryl/α,β-unsaturated/α-hetero) is 1. The number of para-hydroxylation sites is 1. The van der Waals surface area contributed by atoms with Gasteiger partial charge in [0.15, 0.2) is 5.78 Å². The third-order valence-corrected chi connectivity index (χ3v) is 7.30. The van der Waals surface area contributed by atoms with E-state index in [1.54, 1.807) is 14.2 Å². The largest absolute Gasteiger partial charge is 0.497 e. The zero-order valence-corrected chi connectivity index (χ0v) is 22.7. The molecule has 1 aliphatic heterocycles. The van der Waals surface area contributed by atoms with Crippen molar-refractivity contribution in [1.29, 1.82) is 0 Å². The summed E-state index contributed by atoms with van der Waals surface area (Å²) in [6.07, 6.45) is 1.96. The molecular formula is C33H34N2O3. The first-order valence-electron chi connectivity index (χ1n) is 12.9. The molecule has 5 heteroatoms. The predicted octanol–water partition coefficient (Wildman–Crippen LogP) is 6.80. The predicted molar refractivity (Wildman–Crippen MR) is 152 cm³/mol. The summed E-state index contributed by atoms with van der Waals surface area (Å²) in [6.45, 7) is 7.43. The molecule has 4 aromatic rings. The molecule has 1 aromatic heterocycles. The summed E-state index contributed by atoms with van der Waals surface area (Å²) in [6, 6.07) is 26.1. The fraction of sp³-hybridized carbons (Fsp3) is 0.273. The maximum atomic E-state index is 14.1. The molecule has 1 fully saturated rings. The lowest BCUT2D eigenvalue weighted by Gasteiger charge is -2.44. The Hall–Kier alpha value is -3.96. The minimum atomic E-state index is -0.573. The number of piperidine rings is 1. The van der Waals surface area contributed by atoms with E-state index in [1.165, 1.54) is 11.1 Å². The number of rotatable bonds is 6. The van der Waals surface area contributed by atoms with Crippen molar-refractivity contribution in [2.24, 2.45) is 5.41 Å². The second-order valence-electron chi connectivity index (χ2n) is 10.6.